The second-order valence-corrected chi connectivity index (χ2v) is 9.43. The van der Waals surface area contributed by atoms with E-state index in [4.69, 9.17) is 16.3 Å². The number of ether oxygens (including phenoxy) is 1. The molecule has 4 rings (SSSR count). The third-order valence-electron chi connectivity index (χ3n) is 6.27. The number of piperidine rings is 1. The number of aliphatic hydroxyl groups is 1. The minimum Gasteiger partial charge on any atom is -0.476 e. The predicted molar refractivity (Wildman–Crippen MR) is 128 cm³/mol. The molecule has 1 amide bonds. The molecule has 0 bridgehead atoms. The number of halogens is 2. The van der Waals surface area contributed by atoms with E-state index in [1.807, 2.05) is 25.1 Å². The van der Waals surface area contributed by atoms with Crippen LogP contribution in [-0.2, 0) is 11.3 Å². The smallest absolute Gasteiger partial charge is 0.263 e. The average Bonchev–Trinajstić information content (AvgIpc) is 2.80. The molecule has 2 aromatic rings. The molecule has 33 heavy (non-hydrogen) atoms. The zero-order valence-electron chi connectivity index (χ0n) is 18.9. The van der Waals surface area contributed by atoms with Crippen LogP contribution in [0.3, 0.4) is 0 Å². The molecule has 1 saturated heterocycles. The first-order valence-electron chi connectivity index (χ1n) is 11.1. The Balaban J connectivity index is 1.27. The molecular weight excluding hydrogens is 447 g/mol. The molecule has 1 atom stereocenters. The average molecular weight is 477 g/mol. The van der Waals surface area contributed by atoms with E-state index in [-0.39, 0.29) is 18.3 Å². The van der Waals surface area contributed by atoms with Crippen molar-refractivity contribution in [2.45, 2.75) is 31.1 Å². The van der Waals surface area contributed by atoms with Crippen LogP contribution in [0, 0.1) is 5.82 Å². The Bertz CT molecular complexity index is 994. The SMILES string of the molecule is CN(C)c1cc2c(cc1Cl)NCC(C(=O)NCC1(O)CCN(Cc3ccc(F)cc3)CC1)O2. The molecule has 1 fully saturated rings. The maximum atomic E-state index is 13.1. The molecule has 0 aromatic heterocycles. The zero-order valence-corrected chi connectivity index (χ0v) is 19.7. The predicted octanol–water partition coefficient (Wildman–Crippen LogP) is 2.86. The summed E-state index contributed by atoms with van der Waals surface area (Å²) in [6.07, 6.45) is 0.397. The number of hydrogen-bond donors (Lipinski definition) is 3. The van der Waals surface area contributed by atoms with Gasteiger partial charge in [0.05, 0.1) is 28.5 Å². The van der Waals surface area contributed by atoms with Crippen molar-refractivity contribution >= 4 is 28.9 Å². The van der Waals surface area contributed by atoms with E-state index in [1.54, 1.807) is 18.2 Å². The number of likely N-dealkylation sites (tertiary alicyclic amines) is 1. The van der Waals surface area contributed by atoms with Crippen LogP contribution in [0.25, 0.3) is 0 Å². The van der Waals surface area contributed by atoms with Crippen LogP contribution in [0.4, 0.5) is 15.8 Å². The quantitative estimate of drug-likeness (QED) is 0.595. The lowest BCUT2D eigenvalue weighted by Crippen LogP contribution is -2.53. The second-order valence-electron chi connectivity index (χ2n) is 9.03. The molecule has 2 aliphatic rings. The summed E-state index contributed by atoms with van der Waals surface area (Å²) in [6, 6.07) is 10.1. The molecule has 178 valence electrons. The van der Waals surface area contributed by atoms with Gasteiger partial charge in [-0.05, 0) is 36.6 Å². The van der Waals surface area contributed by atoms with Gasteiger partial charge in [0.2, 0.25) is 0 Å². The van der Waals surface area contributed by atoms with Crippen LogP contribution in [0.15, 0.2) is 36.4 Å². The lowest BCUT2D eigenvalue weighted by molar-refractivity contribution is -0.129. The number of amides is 1. The number of hydrogen-bond acceptors (Lipinski definition) is 6. The molecule has 0 saturated carbocycles. The lowest BCUT2D eigenvalue weighted by Gasteiger charge is -2.38. The fourth-order valence-corrected chi connectivity index (χ4v) is 4.52. The number of benzene rings is 2. The monoisotopic (exact) mass is 476 g/mol. The van der Waals surface area contributed by atoms with Gasteiger partial charge in [-0.15, -0.1) is 0 Å². The van der Waals surface area contributed by atoms with Crippen LogP contribution in [0.5, 0.6) is 5.75 Å². The van der Waals surface area contributed by atoms with Gasteiger partial charge in [-0.3, -0.25) is 9.69 Å². The fourth-order valence-electron chi connectivity index (χ4n) is 4.18. The van der Waals surface area contributed by atoms with Crippen LogP contribution in [-0.4, -0.2) is 67.9 Å². The highest BCUT2D eigenvalue weighted by Gasteiger charge is 2.34. The second kappa shape index (κ2) is 9.75. The molecule has 0 spiro atoms. The Morgan fingerprint density at radius 1 is 1.30 bits per heavy atom. The third-order valence-corrected chi connectivity index (χ3v) is 6.57. The van der Waals surface area contributed by atoms with Gasteiger partial charge in [0, 0.05) is 46.3 Å². The Morgan fingerprint density at radius 2 is 2.00 bits per heavy atom. The van der Waals surface area contributed by atoms with Gasteiger partial charge in [0.15, 0.2) is 6.10 Å². The molecule has 2 aliphatic heterocycles. The Labute approximate surface area is 198 Å². The summed E-state index contributed by atoms with van der Waals surface area (Å²) in [5, 5.41) is 17.6. The standard InChI is InChI=1S/C24H30ClFN4O3/c1-29(2)20-12-21-19(11-18(20)25)27-13-22(33-21)23(31)28-15-24(32)7-9-30(10-8-24)14-16-3-5-17(26)6-4-16/h3-6,11-12,22,27,32H,7-10,13-15H2,1-2H3,(H,28,31). The topological polar surface area (TPSA) is 77.1 Å². The summed E-state index contributed by atoms with van der Waals surface area (Å²) in [4.78, 5) is 16.9. The van der Waals surface area contributed by atoms with Gasteiger partial charge < -0.3 is 25.4 Å². The fraction of sp³-hybridized carbons (Fsp3) is 0.458. The van der Waals surface area contributed by atoms with Crippen molar-refractivity contribution in [3.05, 3.63) is 52.8 Å². The van der Waals surface area contributed by atoms with Crippen LogP contribution in [0.1, 0.15) is 18.4 Å². The summed E-state index contributed by atoms with van der Waals surface area (Å²) >= 11 is 6.31. The summed E-state index contributed by atoms with van der Waals surface area (Å²) in [5.74, 6) is 0.0593. The van der Waals surface area contributed by atoms with Gasteiger partial charge in [-0.1, -0.05) is 23.7 Å². The highest BCUT2D eigenvalue weighted by molar-refractivity contribution is 6.33. The van der Waals surface area contributed by atoms with Crippen molar-refractivity contribution in [1.82, 2.24) is 10.2 Å². The molecule has 9 heteroatoms. The van der Waals surface area contributed by atoms with E-state index in [9.17, 15) is 14.3 Å². The maximum absolute atomic E-state index is 13.1. The molecule has 2 heterocycles. The first-order valence-corrected chi connectivity index (χ1v) is 11.5. The van der Waals surface area contributed by atoms with Crippen molar-refractivity contribution < 1.29 is 19.0 Å². The molecule has 7 nitrogen and oxygen atoms in total. The van der Waals surface area contributed by atoms with Crippen LogP contribution < -0.4 is 20.3 Å². The Morgan fingerprint density at radius 3 is 2.67 bits per heavy atom. The zero-order chi connectivity index (χ0) is 23.6. The summed E-state index contributed by atoms with van der Waals surface area (Å²) in [7, 11) is 3.78. The number of nitrogens with one attached hydrogen (secondary N) is 2. The number of fused-ring (bicyclic) bond motifs is 1. The van der Waals surface area contributed by atoms with E-state index < -0.39 is 11.7 Å². The van der Waals surface area contributed by atoms with Crippen molar-refractivity contribution in [2.75, 3.05) is 50.5 Å². The lowest BCUT2D eigenvalue weighted by atomic mass is 9.91. The van der Waals surface area contributed by atoms with Gasteiger partial charge in [-0.2, -0.15) is 0 Å². The number of nitrogens with zero attached hydrogens (tertiary/aromatic N) is 2. The van der Waals surface area contributed by atoms with Gasteiger partial charge in [0.25, 0.3) is 5.91 Å². The third kappa shape index (κ3) is 5.69. The maximum Gasteiger partial charge on any atom is 0.263 e. The minimum absolute atomic E-state index is 0.173. The number of carbonyl (C=O) groups is 1. The van der Waals surface area contributed by atoms with E-state index in [1.165, 1.54) is 12.1 Å². The molecule has 0 aliphatic carbocycles. The van der Waals surface area contributed by atoms with Gasteiger partial charge >= 0.3 is 0 Å². The van der Waals surface area contributed by atoms with Crippen LogP contribution in [0.2, 0.25) is 5.02 Å². The van der Waals surface area contributed by atoms with Crippen molar-refractivity contribution in [3.8, 4) is 5.75 Å². The molecule has 1 unspecified atom stereocenters. The first-order chi connectivity index (χ1) is 15.7. The number of rotatable bonds is 6. The number of carbonyl (C=O) groups excluding carboxylic acids is 1. The highest BCUT2D eigenvalue weighted by atomic mass is 35.5. The molecule has 2 aromatic carbocycles. The van der Waals surface area contributed by atoms with Crippen molar-refractivity contribution in [2.24, 2.45) is 0 Å². The number of anilines is 2. The summed E-state index contributed by atoms with van der Waals surface area (Å²) in [5.41, 5.74) is 1.64. The summed E-state index contributed by atoms with van der Waals surface area (Å²) in [6.45, 7) is 2.61. The summed E-state index contributed by atoms with van der Waals surface area (Å²) < 4.78 is 19.0. The van der Waals surface area contributed by atoms with Gasteiger partial charge in [0.1, 0.15) is 11.6 Å². The molecule has 0 radical (unpaired) electrons. The Kier molecular flexibility index (Phi) is 6.97. The molecular formula is C24H30ClFN4O3. The van der Waals surface area contributed by atoms with Crippen LogP contribution >= 0.6 is 11.6 Å². The molecule has 3 N–H and O–H groups in total. The van der Waals surface area contributed by atoms with Crippen molar-refractivity contribution in [3.63, 3.8) is 0 Å². The van der Waals surface area contributed by atoms with E-state index in [2.05, 4.69) is 15.5 Å². The van der Waals surface area contributed by atoms with E-state index >= 15 is 0 Å². The largest absolute Gasteiger partial charge is 0.476 e. The normalized spacial score (nSPS) is 19.7. The Hall–Kier alpha value is -2.55. The van der Waals surface area contributed by atoms with E-state index in [0.29, 0.717) is 49.8 Å². The van der Waals surface area contributed by atoms with Gasteiger partial charge in [-0.25, -0.2) is 4.39 Å². The van der Waals surface area contributed by atoms with Crippen molar-refractivity contribution in [1.29, 1.82) is 0 Å². The van der Waals surface area contributed by atoms with E-state index in [0.717, 1.165) is 16.9 Å². The first kappa shape index (κ1) is 23.6. The minimum atomic E-state index is -0.958. The highest BCUT2D eigenvalue weighted by Crippen LogP contribution is 2.38.